The molecular formula is C62H75NO6. The van der Waals surface area contributed by atoms with Crippen molar-refractivity contribution in [2.45, 2.75) is 139 Å². The van der Waals surface area contributed by atoms with Crippen LogP contribution in [0.2, 0.25) is 0 Å². The predicted molar refractivity (Wildman–Crippen MR) is 280 cm³/mol. The standard InChI is InChI=1S/C62H75NO6/c1-15-63(44-30-33-49-53(36-44)67-52-34-29-41-22-16-17-24-46(41)54(52)62(49)48-26-19-18-25-47(48)55(64)68-62)39-40-21-20-23-43(35-40)50(58(5,6)7)38-60(11,12)61(13,14)51(37-57(2,3)4)42-27-31-45(32-28-42)66-56(65)69-59(8,9)10/h16-36,47-48,50-51H,15,37-39H2,1-14H3. The summed E-state index contributed by atoms with van der Waals surface area (Å²) in [6.45, 7) is 33.2. The van der Waals surface area contributed by atoms with Crippen LogP contribution in [0, 0.1) is 33.5 Å². The molecule has 0 amide bonds. The molecule has 0 aromatic heterocycles. The number of hydrogen-bond donors (Lipinski definition) is 0. The molecule has 3 aliphatic rings. The summed E-state index contributed by atoms with van der Waals surface area (Å²) in [5.41, 5.74) is 4.85. The van der Waals surface area contributed by atoms with Crippen molar-refractivity contribution in [2.75, 3.05) is 11.4 Å². The van der Waals surface area contributed by atoms with E-state index in [2.05, 4.69) is 160 Å². The lowest BCUT2D eigenvalue weighted by Gasteiger charge is -2.51. The molecule has 0 N–H and O–H groups in total. The summed E-state index contributed by atoms with van der Waals surface area (Å²) in [7, 11) is 0. The van der Waals surface area contributed by atoms with Crippen LogP contribution in [0.4, 0.5) is 10.5 Å². The number of nitrogens with zero attached hydrogens (tertiary/aromatic N) is 1. The third-order valence-electron chi connectivity index (χ3n) is 15.5. The van der Waals surface area contributed by atoms with E-state index in [1.165, 1.54) is 16.7 Å². The number of esters is 1. The number of anilines is 1. The first-order valence-electron chi connectivity index (χ1n) is 25.1. The number of fused-ring (bicyclic) bond motifs is 8. The SMILES string of the molecule is CCN(Cc1cccc(C(CC(C)(C)C(C)(C)C(CC(C)(C)C)c2ccc(OC(=O)OC(C)(C)C)cc2)C(C)(C)C)c1)c1ccc2c(c1)Oc1ccc3ccccc3c1C21OC(=O)C2C=CC=CC21. The van der Waals surface area contributed by atoms with E-state index in [0.29, 0.717) is 11.5 Å². The van der Waals surface area contributed by atoms with Gasteiger partial charge >= 0.3 is 12.1 Å². The fourth-order valence-electron chi connectivity index (χ4n) is 11.3. The Balaban J connectivity index is 1.07. The molecular weight excluding hydrogens is 855 g/mol. The molecule has 1 fully saturated rings. The van der Waals surface area contributed by atoms with Gasteiger partial charge in [-0.1, -0.05) is 160 Å². The minimum Gasteiger partial charge on any atom is -0.456 e. The van der Waals surface area contributed by atoms with Crippen molar-refractivity contribution in [3.05, 3.63) is 155 Å². The van der Waals surface area contributed by atoms with E-state index in [0.717, 1.165) is 59.3 Å². The van der Waals surface area contributed by atoms with Gasteiger partial charge in [-0.15, -0.1) is 0 Å². The topological polar surface area (TPSA) is 74.3 Å². The number of carbonyl (C=O) groups excluding carboxylic acids is 2. The number of rotatable bonds is 12. The van der Waals surface area contributed by atoms with Gasteiger partial charge in [0.1, 0.15) is 22.8 Å². The summed E-state index contributed by atoms with van der Waals surface area (Å²) in [5, 5.41) is 2.11. The zero-order chi connectivity index (χ0) is 49.9. The van der Waals surface area contributed by atoms with Gasteiger partial charge in [-0.2, -0.15) is 0 Å². The lowest BCUT2D eigenvalue weighted by Crippen LogP contribution is -2.41. The van der Waals surface area contributed by atoms with E-state index in [1.54, 1.807) is 0 Å². The van der Waals surface area contributed by atoms with Gasteiger partial charge in [0.2, 0.25) is 0 Å². The maximum absolute atomic E-state index is 13.8. The summed E-state index contributed by atoms with van der Waals surface area (Å²) in [4.78, 5) is 28.7. The van der Waals surface area contributed by atoms with Crippen molar-refractivity contribution in [2.24, 2.45) is 33.5 Å². The monoisotopic (exact) mass is 930 g/mol. The average Bonchev–Trinajstić information content (AvgIpc) is 3.56. The minimum atomic E-state index is -1.03. The quantitative estimate of drug-likeness (QED) is 0.0911. The van der Waals surface area contributed by atoms with Gasteiger partial charge in [0, 0.05) is 36.3 Å². The zero-order valence-electron chi connectivity index (χ0n) is 43.7. The highest BCUT2D eigenvalue weighted by atomic mass is 16.7. The molecule has 8 rings (SSSR count). The molecule has 0 radical (unpaired) electrons. The van der Waals surface area contributed by atoms with Crippen LogP contribution >= 0.6 is 0 Å². The number of allylic oxidation sites excluding steroid dienone is 2. The summed E-state index contributed by atoms with van der Waals surface area (Å²) in [5.74, 6) is 1.61. The summed E-state index contributed by atoms with van der Waals surface area (Å²) < 4.78 is 24.5. The molecule has 7 nitrogen and oxygen atoms in total. The van der Waals surface area contributed by atoms with Gasteiger partial charge in [0.15, 0.2) is 5.60 Å². The number of carbonyl (C=O) groups is 2. The first-order chi connectivity index (χ1) is 32.3. The van der Waals surface area contributed by atoms with E-state index in [4.69, 9.17) is 18.9 Å². The number of ether oxygens (including phenoxy) is 4. The summed E-state index contributed by atoms with van der Waals surface area (Å²) in [6.07, 6.45) is 9.39. The molecule has 1 saturated heterocycles. The second-order valence-corrected chi connectivity index (χ2v) is 24.4. The predicted octanol–water partition coefficient (Wildman–Crippen LogP) is 16.2. The molecule has 5 unspecified atom stereocenters. The highest BCUT2D eigenvalue weighted by molar-refractivity contribution is 5.92. The highest BCUT2D eigenvalue weighted by Crippen LogP contribution is 2.61. The molecule has 5 aromatic rings. The van der Waals surface area contributed by atoms with Crippen LogP contribution in [0.15, 0.2) is 127 Å². The van der Waals surface area contributed by atoms with E-state index in [9.17, 15) is 9.59 Å². The Morgan fingerprint density at radius 2 is 1.43 bits per heavy atom. The Bertz CT molecular complexity index is 2770. The van der Waals surface area contributed by atoms with Gasteiger partial charge in [-0.05, 0) is 132 Å². The molecule has 5 atom stereocenters. The molecule has 0 bridgehead atoms. The van der Waals surface area contributed by atoms with Crippen LogP contribution in [0.3, 0.4) is 0 Å². The molecule has 1 aliphatic carbocycles. The summed E-state index contributed by atoms with van der Waals surface area (Å²) >= 11 is 0. The normalized spacial score (nSPS) is 19.8. The maximum atomic E-state index is 13.8. The van der Waals surface area contributed by atoms with E-state index < -0.39 is 17.4 Å². The molecule has 2 heterocycles. The van der Waals surface area contributed by atoms with Crippen LogP contribution in [-0.2, 0) is 26.4 Å². The van der Waals surface area contributed by atoms with Gasteiger partial charge in [-0.25, -0.2) is 4.79 Å². The van der Waals surface area contributed by atoms with Crippen LogP contribution in [0.25, 0.3) is 10.8 Å². The smallest absolute Gasteiger partial charge is 0.456 e. The van der Waals surface area contributed by atoms with E-state index in [1.807, 2.05) is 69.3 Å². The molecule has 1 spiro atoms. The number of benzene rings is 5. The van der Waals surface area contributed by atoms with Crippen molar-refractivity contribution in [1.82, 2.24) is 0 Å². The Morgan fingerprint density at radius 3 is 2.12 bits per heavy atom. The van der Waals surface area contributed by atoms with Gasteiger partial charge in [0.25, 0.3) is 0 Å². The molecule has 2 aliphatic heterocycles. The lowest BCUT2D eigenvalue weighted by molar-refractivity contribution is -0.148. The highest BCUT2D eigenvalue weighted by Gasteiger charge is 2.60. The van der Waals surface area contributed by atoms with Crippen molar-refractivity contribution >= 4 is 28.6 Å². The van der Waals surface area contributed by atoms with Crippen LogP contribution in [0.5, 0.6) is 17.2 Å². The molecule has 69 heavy (non-hydrogen) atoms. The van der Waals surface area contributed by atoms with Gasteiger partial charge in [0.05, 0.1) is 11.5 Å². The molecule has 5 aromatic carbocycles. The molecule has 7 heteroatoms. The summed E-state index contributed by atoms with van der Waals surface area (Å²) in [6, 6.07) is 36.2. The zero-order valence-corrected chi connectivity index (χ0v) is 43.7. The fourth-order valence-corrected chi connectivity index (χ4v) is 11.3. The average molecular weight is 930 g/mol. The second kappa shape index (κ2) is 18.2. The Hall–Kier alpha value is -5.82. The third-order valence-corrected chi connectivity index (χ3v) is 15.5. The fraction of sp³-hybridized carbons (Fsp3) is 0.452. The van der Waals surface area contributed by atoms with Crippen molar-refractivity contribution in [3.8, 4) is 17.2 Å². The molecule has 0 saturated carbocycles. The molecule has 364 valence electrons. The largest absolute Gasteiger partial charge is 0.514 e. The van der Waals surface area contributed by atoms with E-state index in [-0.39, 0.29) is 51.3 Å². The third kappa shape index (κ3) is 9.85. The van der Waals surface area contributed by atoms with Gasteiger partial charge < -0.3 is 23.8 Å². The Kier molecular flexibility index (Phi) is 13.1. The van der Waals surface area contributed by atoms with Crippen molar-refractivity contribution in [3.63, 3.8) is 0 Å². The van der Waals surface area contributed by atoms with Crippen LogP contribution < -0.4 is 14.4 Å². The first-order valence-corrected chi connectivity index (χ1v) is 25.1. The Morgan fingerprint density at radius 1 is 0.725 bits per heavy atom. The van der Waals surface area contributed by atoms with Crippen LogP contribution in [0.1, 0.15) is 149 Å². The van der Waals surface area contributed by atoms with Crippen molar-refractivity contribution in [1.29, 1.82) is 0 Å². The van der Waals surface area contributed by atoms with Gasteiger partial charge in [-0.3, -0.25) is 4.79 Å². The second-order valence-electron chi connectivity index (χ2n) is 24.4. The van der Waals surface area contributed by atoms with Crippen molar-refractivity contribution < 1.29 is 28.5 Å². The first kappa shape index (κ1) is 49.6. The minimum absolute atomic E-state index is 0.0178. The number of hydrogen-bond acceptors (Lipinski definition) is 7. The van der Waals surface area contributed by atoms with E-state index >= 15 is 0 Å². The lowest BCUT2D eigenvalue weighted by atomic mass is 9.53. The Labute approximate surface area is 412 Å². The van der Waals surface area contributed by atoms with Crippen LogP contribution in [-0.4, -0.2) is 24.3 Å². The maximum Gasteiger partial charge on any atom is 0.514 e.